The number of benzene rings is 1. The topological polar surface area (TPSA) is 87.4 Å². The van der Waals surface area contributed by atoms with Crippen LogP contribution in [-0.2, 0) is 11.2 Å². The molecule has 1 unspecified atom stereocenters. The van der Waals surface area contributed by atoms with E-state index in [9.17, 15) is 9.90 Å². The monoisotopic (exact) mass is 277 g/mol. The van der Waals surface area contributed by atoms with E-state index in [0.717, 1.165) is 29.8 Å². The lowest BCUT2D eigenvalue weighted by Crippen LogP contribution is -2.35. The number of carbonyl (C=O) groups excluding carboxylic acids is 1. The van der Waals surface area contributed by atoms with Gasteiger partial charge in [0.2, 0.25) is 5.91 Å². The maximum absolute atomic E-state index is 11.5. The SMILES string of the molecule is CCC(C)(CCO)Nc1cc2c(cc1N)CCC(=O)N2. The summed E-state index contributed by atoms with van der Waals surface area (Å²) in [6.07, 6.45) is 2.76. The molecular weight excluding hydrogens is 254 g/mol. The van der Waals surface area contributed by atoms with E-state index in [1.54, 1.807) is 0 Å². The summed E-state index contributed by atoms with van der Waals surface area (Å²) in [4.78, 5) is 11.5. The lowest BCUT2D eigenvalue weighted by Gasteiger charge is -2.31. The van der Waals surface area contributed by atoms with E-state index >= 15 is 0 Å². The van der Waals surface area contributed by atoms with Gasteiger partial charge < -0.3 is 21.5 Å². The van der Waals surface area contributed by atoms with Gasteiger partial charge in [-0.15, -0.1) is 0 Å². The molecule has 0 radical (unpaired) electrons. The van der Waals surface area contributed by atoms with Crippen LogP contribution in [0.5, 0.6) is 0 Å². The number of nitrogen functional groups attached to an aromatic ring is 1. The lowest BCUT2D eigenvalue weighted by atomic mass is 9.93. The summed E-state index contributed by atoms with van der Waals surface area (Å²) in [7, 11) is 0. The van der Waals surface area contributed by atoms with Gasteiger partial charge in [0.15, 0.2) is 0 Å². The molecule has 1 atom stereocenters. The predicted octanol–water partition coefficient (Wildman–Crippen LogP) is 2.12. The van der Waals surface area contributed by atoms with E-state index in [1.807, 2.05) is 12.1 Å². The number of aliphatic hydroxyl groups excluding tert-OH is 1. The molecule has 0 aromatic heterocycles. The number of nitrogens with two attached hydrogens (primary N) is 1. The number of anilines is 3. The molecule has 5 N–H and O–H groups in total. The Bertz CT molecular complexity index is 516. The normalized spacial score (nSPS) is 17.1. The Morgan fingerprint density at radius 1 is 1.45 bits per heavy atom. The highest BCUT2D eigenvalue weighted by atomic mass is 16.3. The van der Waals surface area contributed by atoms with Gasteiger partial charge in [-0.2, -0.15) is 0 Å². The second kappa shape index (κ2) is 5.71. The molecule has 1 amide bonds. The first-order chi connectivity index (χ1) is 9.47. The molecule has 0 spiro atoms. The summed E-state index contributed by atoms with van der Waals surface area (Å²) >= 11 is 0. The van der Waals surface area contributed by atoms with E-state index in [-0.39, 0.29) is 18.1 Å². The Hall–Kier alpha value is -1.75. The van der Waals surface area contributed by atoms with Crippen molar-refractivity contribution >= 4 is 23.0 Å². The Morgan fingerprint density at radius 3 is 2.85 bits per heavy atom. The van der Waals surface area contributed by atoms with Crippen molar-refractivity contribution < 1.29 is 9.90 Å². The Balaban J connectivity index is 2.28. The molecule has 0 fully saturated rings. The van der Waals surface area contributed by atoms with Crippen LogP contribution in [0.4, 0.5) is 17.1 Å². The van der Waals surface area contributed by atoms with Crippen molar-refractivity contribution in [3.8, 4) is 0 Å². The number of aliphatic hydroxyl groups is 1. The molecule has 5 heteroatoms. The van der Waals surface area contributed by atoms with E-state index < -0.39 is 0 Å². The number of carbonyl (C=O) groups is 1. The lowest BCUT2D eigenvalue weighted by molar-refractivity contribution is -0.116. The zero-order valence-electron chi connectivity index (χ0n) is 12.1. The van der Waals surface area contributed by atoms with Gasteiger partial charge in [0.25, 0.3) is 0 Å². The second-order valence-electron chi connectivity index (χ2n) is 5.66. The van der Waals surface area contributed by atoms with E-state index in [1.165, 1.54) is 0 Å². The molecule has 0 bridgehead atoms. The third-order valence-electron chi connectivity index (χ3n) is 4.05. The first kappa shape index (κ1) is 14.7. The molecule has 2 rings (SSSR count). The van der Waals surface area contributed by atoms with Crippen molar-refractivity contribution in [1.82, 2.24) is 0 Å². The Kier molecular flexibility index (Phi) is 4.18. The van der Waals surface area contributed by atoms with Gasteiger partial charge in [-0.3, -0.25) is 4.79 Å². The minimum Gasteiger partial charge on any atom is -0.397 e. The number of amides is 1. The molecule has 1 heterocycles. The molecule has 1 aliphatic rings. The summed E-state index contributed by atoms with van der Waals surface area (Å²) in [6, 6.07) is 3.82. The molecule has 1 aromatic rings. The van der Waals surface area contributed by atoms with Gasteiger partial charge in [-0.25, -0.2) is 0 Å². The van der Waals surface area contributed by atoms with Crippen molar-refractivity contribution in [3.05, 3.63) is 17.7 Å². The van der Waals surface area contributed by atoms with Crippen LogP contribution in [0.1, 0.15) is 38.7 Å². The molecule has 20 heavy (non-hydrogen) atoms. The van der Waals surface area contributed by atoms with Crippen LogP contribution in [0.3, 0.4) is 0 Å². The number of nitrogens with one attached hydrogen (secondary N) is 2. The highest BCUT2D eigenvalue weighted by Crippen LogP contribution is 2.33. The largest absolute Gasteiger partial charge is 0.397 e. The minimum atomic E-state index is -0.213. The molecule has 5 nitrogen and oxygen atoms in total. The molecule has 0 saturated carbocycles. The summed E-state index contributed by atoms with van der Waals surface area (Å²) in [5.74, 6) is 0.0434. The highest BCUT2D eigenvalue weighted by Gasteiger charge is 2.23. The summed E-state index contributed by atoms with van der Waals surface area (Å²) in [6.45, 7) is 4.25. The smallest absolute Gasteiger partial charge is 0.224 e. The van der Waals surface area contributed by atoms with E-state index in [2.05, 4.69) is 24.5 Å². The van der Waals surface area contributed by atoms with Gasteiger partial charge in [0.05, 0.1) is 11.4 Å². The minimum absolute atomic E-state index is 0.0434. The maximum Gasteiger partial charge on any atom is 0.224 e. The van der Waals surface area contributed by atoms with Crippen LogP contribution in [0.2, 0.25) is 0 Å². The summed E-state index contributed by atoms with van der Waals surface area (Å²) in [5, 5.41) is 15.5. The number of aryl methyl sites for hydroxylation is 1. The van der Waals surface area contributed by atoms with Crippen molar-refractivity contribution in [2.45, 2.75) is 45.1 Å². The van der Waals surface area contributed by atoms with Crippen LogP contribution in [0.25, 0.3) is 0 Å². The quantitative estimate of drug-likeness (QED) is 0.621. The second-order valence-corrected chi connectivity index (χ2v) is 5.66. The zero-order valence-corrected chi connectivity index (χ0v) is 12.1. The average Bonchev–Trinajstić information content (AvgIpc) is 2.40. The van der Waals surface area contributed by atoms with Crippen molar-refractivity contribution in [2.75, 3.05) is 23.0 Å². The van der Waals surface area contributed by atoms with Crippen molar-refractivity contribution in [3.63, 3.8) is 0 Å². The van der Waals surface area contributed by atoms with E-state index in [4.69, 9.17) is 5.73 Å². The third-order valence-corrected chi connectivity index (χ3v) is 4.05. The number of fused-ring (bicyclic) bond motifs is 1. The maximum atomic E-state index is 11.5. The summed E-state index contributed by atoms with van der Waals surface area (Å²) < 4.78 is 0. The third kappa shape index (κ3) is 3.04. The summed E-state index contributed by atoms with van der Waals surface area (Å²) in [5.41, 5.74) is 9.28. The van der Waals surface area contributed by atoms with Gasteiger partial charge >= 0.3 is 0 Å². The van der Waals surface area contributed by atoms with Crippen LogP contribution < -0.4 is 16.4 Å². The van der Waals surface area contributed by atoms with Gasteiger partial charge in [-0.05, 0) is 43.9 Å². The van der Waals surface area contributed by atoms with E-state index in [0.29, 0.717) is 18.5 Å². The average molecular weight is 277 g/mol. The standard InChI is InChI=1S/C15H23N3O2/c1-3-15(2,6-7-19)18-13-9-12-10(8-11(13)16)4-5-14(20)17-12/h8-9,18-19H,3-7,16H2,1-2H3,(H,17,20). The number of hydrogen-bond acceptors (Lipinski definition) is 4. The molecule has 1 aliphatic heterocycles. The molecule has 0 aliphatic carbocycles. The van der Waals surface area contributed by atoms with Crippen LogP contribution >= 0.6 is 0 Å². The number of rotatable bonds is 5. The van der Waals surface area contributed by atoms with Gasteiger partial charge in [-0.1, -0.05) is 6.92 Å². The molecular formula is C15H23N3O2. The first-order valence-electron chi connectivity index (χ1n) is 7.09. The fourth-order valence-electron chi connectivity index (χ4n) is 2.46. The van der Waals surface area contributed by atoms with Crippen molar-refractivity contribution in [2.24, 2.45) is 0 Å². The predicted molar refractivity (Wildman–Crippen MR) is 81.8 cm³/mol. The first-order valence-corrected chi connectivity index (χ1v) is 7.09. The fraction of sp³-hybridized carbons (Fsp3) is 0.533. The Labute approximate surface area is 119 Å². The molecule has 0 saturated heterocycles. The van der Waals surface area contributed by atoms with Crippen LogP contribution in [0.15, 0.2) is 12.1 Å². The fourth-order valence-corrected chi connectivity index (χ4v) is 2.46. The number of hydrogen-bond donors (Lipinski definition) is 4. The van der Waals surface area contributed by atoms with Gasteiger partial charge in [0.1, 0.15) is 0 Å². The van der Waals surface area contributed by atoms with Gasteiger partial charge in [0, 0.05) is 24.3 Å². The van der Waals surface area contributed by atoms with Crippen molar-refractivity contribution in [1.29, 1.82) is 0 Å². The van der Waals surface area contributed by atoms with Crippen LogP contribution in [0, 0.1) is 0 Å². The molecule has 1 aromatic carbocycles. The Morgan fingerprint density at radius 2 is 2.20 bits per heavy atom. The van der Waals surface area contributed by atoms with Crippen LogP contribution in [-0.4, -0.2) is 23.2 Å². The molecule has 110 valence electrons. The zero-order chi connectivity index (χ0) is 14.8. The highest BCUT2D eigenvalue weighted by molar-refractivity contribution is 5.95.